The highest BCUT2D eigenvalue weighted by Gasteiger charge is 2.22. The van der Waals surface area contributed by atoms with E-state index in [0.717, 1.165) is 24.7 Å². The second-order valence-electron chi connectivity index (χ2n) is 14.8. The zero-order valence-corrected chi connectivity index (χ0v) is 32.2. The summed E-state index contributed by atoms with van der Waals surface area (Å²) in [5, 5.41) is 3.87. The summed E-state index contributed by atoms with van der Waals surface area (Å²) in [6.07, 6.45) is 12.4. The molecule has 0 unspecified atom stereocenters. The van der Waals surface area contributed by atoms with Crippen molar-refractivity contribution in [1.82, 2.24) is 4.57 Å². The van der Waals surface area contributed by atoms with E-state index < -0.39 is 0 Å². The van der Waals surface area contributed by atoms with Crippen molar-refractivity contribution in [3.63, 3.8) is 0 Å². The van der Waals surface area contributed by atoms with Crippen LogP contribution in [0, 0.1) is 27.7 Å². The van der Waals surface area contributed by atoms with E-state index in [1.54, 1.807) is 0 Å². The maximum absolute atomic E-state index is 4.38. The molecule has 1 aliphatic carbocycles. The number of hydrogen-bond donors (Lipinski definition) is 0. The van der Waals surface area contributed by atoms with Crippen molar-refractivity contribution in [2.75, 3.05) is 0 Å². The first-order chi connectivity index (χ1) is 25.1. The number of aryl methyl sites for hydroxylation is 3. The van der Waals surface area contributed by atoms with Crippen molar-refractivity contribution in [2.45, 2.75) is 53.8 Å². The van der Waals surface area contributed by atoms with E-state index in [-0.39, 0.29) is 0 Å². The van der Waals surface area contributed by atoms with Gasteiger partial charge in [-0.2, -0.15) is 0 Å². The van der Waals surface area contributed by atoms with Crippen molar-refractivity contribution in [2.24, 2.45) is 0 Å². The SMILES string of the molecule is BC/C(B)=c1\c(=C/C(=C)C)c2c(B)c(-c3ccc(C)c(-c4cc(-c5ccccc5)ccc4C)c3)c(C)c(C)c2n1-c1ccc(C2=CCCC=C2)cc1. The summed E-state index contributed by atoms with van der Waals surface area (Å²) < 4.78 is 2.54. The first-order valence-corrected chi connectivity index (χ1v) is 18.8. The summed E-state index contributed by atoms with van der Waals surface area (Å²) >= 11 is 0. The smallest absolute Gasteiger partial charge is 0.141 e. The fourth-order valence-corrected chi connectivity index (χ4v) is 8.18. The molecule has 0 N–H and O–H groups in total. The molecule has 0 atom stereocenters. The van der Waals surface area contributed by atoms with Crippen LogP contribution in [0.3, 0.4) is 0 Å². The minimum Gasteiger partial charge on any atom is -0.310 e. The number of nitrogens with zero attached hydrogens (tertiary/aromatic N) is 1. The van der Waals surface area contributed by atoms with E-state index in [0.29, 0.717) is 0 Å². The Morgan fingerprint density at radius 2 is 1.40 bits per heavy atom. The molecular weight excluding hydrogens is 623 g/mol. The van der Waals surface area contributed by atoms with Crippen LogP contribution in [0.5, 0.6) is 0 Å². The number of rotatable bonds is 7. The Bertz CT molecular complexity index is 2560. The summed E-state index contributed by atoms with van der Waals surface area (Å²) in [6.45, 7) is 15.6. The van der Waals surface area contributed by atoms with Gasteiger partial charge in [0.2, 0.25) is 0 Å². The summed E-state index contributed by atoms with van der Waals surface area (Å²) in [4.78, 5) is 0. The van der Waals surface area contributed by atoms with Crippen LogP contribution in [0.4, 0.5) is 0 Å². The topological polar surface area (TPSA) is 4.93 Å². The molecule has 0 saturated heterocycles. The molecule has 0 spiro atoms. The third kappa shape index (κ3) is 6.30. The van der Waals surface area contributed by atoms with Crippen molar-refractivity contribution in [3.8, 4) is 39.1 Å². The molecule has 0 fully saturated rings. The van der Waals surface area contributed by atoms with Gasteiger partial charge in [0.1, 0.15) is 23.5 Å². The first kappa shape index (κ1) is 35.2. The molecular formula is C48H48B3N. The van der Waals surface area contributed by atoms with Gasteiger partial charge < -0.3 is 4.57 Å². The van der Waals surface area contributed by atoms with Gasteiger partial charge in [-0.05, 0) is 145 Å². The molecule has 0 aliphatic heterocycles. The lowest BCUT2D eigenvalue weighted by molar-refractivity contribution is 1.04. The molecule has 6 aromatic rings. The van der Waals surface area contributed by atoms with Crippen LogP contribution in [0.15, 0.2) is 121 Å². The van der Waals surface area contributed by atoms with Gasteiger partial charge >= 0.3 is 0 Å². The highest BCUT2D eigenvalue weighted by Crippen LogP contribution is 2.36. The molecule has 1 aliphatic rings. The summed E-state index contributed by atoms with van der Waals surface area (Å²) in [7, 11) is 6.90. The molecule has 0 saturated carbocycles. The van der Waals surface area contributed by atoms with Crippen molar-refractivity contribution in [3.05, 3.63) is 160 Å². The Morgan fingerprint density at radius 3 is 2.02 bits per heavy atom. The van der Waals surface area contributed by atoms with Gasteiger partial charge in [-0.3, -0.25) is 0 Å². The lowest BCUT2D eigenvalue weighted by Crippen LogP contribution is -2.32. The Balaban J connectivity index is 1.50. The minimum absolute atomic E-state index is 0.968. The van der Waals surface area contributed by atoms with E-state index in [2.05, 4.69) is 185 Å². The fraction of sp³-hybridized carbons (Fsp3) is 0.167. The van der Waals surface area contributed by atoms with Crippen molar-refractivity contribution < 1.29 is 0 Å². The Morgan fingerprint density at radius 1 is 0.769 bits per heavy atom. The Hall–Kier alpha value is -5.21. The zero-order valence-electron chi connectivity index (χ0n) is 32.2. The standard InChI is InChI=1S/C48H48B3N/c1-29(2)25-42-45-46(51)44(38-20-18-31(4)41(27-38)40-26-37(19-17-30(40)3)35-15-11-8-12-16-35)32(5)33(6)47(45)52(48(42)43(50)28-49)39-23-21-36(22-24-39)34-13-9-7-10-14-34/h8-9,11-27H,1,7,10,28,49-51H2,2-6H3/b42-25-,48-43-. The van der Waals surface area contributed by atoms with Gasteiger partial charge in [0, 0.05) is 21.6 Å². The fourth-order valence-electron chi connectivity index (χ4n) is 8.18. The number of fused-ring (bicyclic) bond motifs is 1. The second-order valence-corrected chi connectivity index (χ2v) is 14.8. The highest BCUT2D eigenvalue weighted by atomic mass is 15.0. The van der Waals surface area contributed by atoms with Gasteiger partial charge in [0.15, 0.2) is 0 Å². The van der Waals surface area contributed by atoms with Gasteiger partial charge in [-0.25, -0.2) is 0 Å². The minimum atomic E-state index is 0.968. The average Bonchev–Trinajstić information content (AvgIpc) is 3.49. The maximum atomic E-state index is 4.38. The van der Waals surface area contributed by atoms with E-state index in [4.69, 9.17) is 0 Å². The van der Waals surface area contributed by atoms with Crippen molar-refractivity contribution >= 4 is 57.0 Å². The van der Waals surface area contributed by atoms with Crippen LogP contribution < -0.4 is 16.0 Å². The molecule has 4 heteroatoms. The number of allylic oxidation sites excluding steroid dienone is 5. The van der Waals surface area contributed by atoms with Gasteiger partial charge in [-0.15, -0.1) is 0 Å². The average molecular weight is 671 g/mol. The molecule has 0 radical (unpaired) electrons. The Kier molecular flexibility index (Phi) is 9.77. The number of benzene rings is 5. The molecule has 5 aromatic carbocycles. The largest absolute Gasteiger partial charge is 0.310 e. The first-order valence-electron chi connectivity index (χ1n) is 18.8. The normalized spacial score (nSPS) is 13.8. The highest BCUT2D eigenvalue weighted by molar-refractivity contribution is 6.44. The van der Waals surface area contributed by atoms with Gasteiger partial charge in [0.25, 0.3) is 0 Å². The quantitative estimate of drug-likeness (QED) is 0.152. The zero-order chi connectivity index (χ0) is 36.7. The van der Waals surface area contributed by atoms with E-state index >= 15 is 0 Å². The summed E-state index contributed by atoms with van der Waals surface area (Å²) in [5.41, 5.74) is 21.7. The molecule has 52 heavy (non-hydrogen) atoms. The van der Waals surface area contributed by atoms with E-state index in [1.165, 1.54) is 105 Å². The van der Waals surface area contributed by atoms with Crippen LogP contribution >= 0.6 is 0 Å². The lowest BCUT2D eigenvalue weighted by Gasteiger charge is -2.20. The van der Waals surface area contributed by atoms with Crippen LogP contribution in [-0.2, 0) is 0 Å². The third-order valence-electron chi connectivity index (χ3n) is 11.2. The number of hydrogen-bond acceptors (Lipinski definition) is 0. The van der Waals surface area contributed by atoms with Crippen molar-refractivity contribution in [1.29, 1.82) is 0 Å². The number of aromatic nitrogens is 1. The lowest BCUT2D eigenvalue weighted by atomic mass is 9.78. The van der Waals surface area contributed by atoms with Crippen LogP contribution in [0.1, 0.15) is 47.6 Å². The van der Waals surface area contributed by atoms with Crippen LogP contribution in [-0.4, -0.2) is 28.1 Å². The van der Waals surface area contributed by atoms with Gasteiger partial charge in [0.05, 0.1) is 5.52 Å². The third-order valence-corrected chi connectivity index (χ3v) is 11.2. The monoisotopic (exact) mass is 671 g/mol. The molecule has 7 rings (SSSR count). The predicted molar refractivity (Wildman–Crippen MR) is 237 cm³/mol. The second kappa shape index (κ2) is 14.4. The molecule has 0 amide bonds. The molecule has 1 nitrogen and oxygen atoms in total. The maximum Gasteiger partial charge on any atom is 0.141 e. The summed E-state index contributed by atoms with van der Waals surface area (Å²) in [6, 6.07) is 33.9. The van der Waals surface area contributed by atoms with E-state index in [9.17, 15) is 0 Å². The van der Waals surface area contributed by atoms with Gasteiger partial charge in [-0.1, -0.05) is 114 Å². The van der Waals surface area contributed by atoms with Crippen LogP contribution in [0.25, 0.3) is 67.1 Å². The Labute approximate surface area is 313 Å². The van der Waals surface area contributed by atoms with Crippen LogP contribution in [0.2, 0.25) is 6.32 Å². The van der Waals surface area contributed by atoms with E-state index in [1.807, 2.05) is 0 Å². The molecule has 1 heterocycles. The predicted octanol–water partition coefficient (Wildman–Crippen LogP) is 8.01. The molecule has 1 aromatic heterocycles. The molecule has 0 bridgehead atoms. The summed E-state index contributed by atoms with van der Waals surface area (Å²) in [5.74, 6) is 0. The molecule has 254 valence electrons.